The molecule has 6 rings (SSSR count). The molecule has 6 aliphatic carbocycles. The summed E-state index contributed by atoms with van der Waals surface area (Å²) in [7, 11) is 0. The van der Waals surface area contributed by atoms with Crippen LogP contribution in [-0.4, -0.2) is 0 Å². The van der Waals surface area contributed by atoms with Crippen molar-refractivity contribution in [1.29, 1.82) is 0 Å². The molecule has 0 amide bonds. The Morgan fingerprint density at radius 1 is 0.667 bits per heavy atom. The molecule has 46 valence electrons. The Balaban J connectivity index is 0.000000288. The molecule has 0 aromatic heterocycles. The van der Waals surface area contributed by atoms with Crippen LogP contribution in [0, 0.1) is 35.5 Å². The lowest BCUT2D eigenvalue weighted by Crippen LogP contribution is -2.90. The fourth-order valence-corrected chi connectivity index (χ4v) is 4.46. The van der Waals surface area contributed by atoms with Crippen molar-refractivity contribution in [1.82, 2.24) is 0 Å². The lowest BCUT2D eigenvalue weighted by Gasteiger charge is -2.96. The van der Waals surface area contributed by atoms with Gasteiger partial charge in [-0.25, -0.2) is 0 Å². The van der Waals surface area contributed by atoms with Crippen LogP contribution in [0.3, 0.4) is 0 Å². The van der Waals surface area contributed by atoms with Gasteiger partial charge in [-0.15, -0.1) is 0 Å². The second-order valence-electron chi connectivity index (χ2n) is 4.17. The maximum atomic E-state index is 1.97. The van der Waals surface area contributed by atoms with Gasteiger partial charge in [-0.3, -0.25) is 0 Å². The second kappa shape index (κ2) is 0.624. The number of hydrogen-bond donors (Lipinski definition) is 0. The molecule has 0 heteroatoms. The van der Waals surface area contributed by atoms with Gasteiger partial charge in [-0.2, -0.15) is 0 Å². The summed E-state index contributed by atoms with van der Waals surface area (Å²) in [5.41, 5.74) is 3.93. The van der Waals surface area contributed by atoms with E-state index in [1.54, 1.807) is 0 Å². The Morgan fingerprint density at radius 2 is 1.00 bits per heavy atom. The van der Waals surface area contributed by atoms with Crippen molar-refractivity contribution >= 4 is 0 Å². The van der Waals surface area contributed by atoms with Crippen molar-refractivity contribution in [3.63, 3.8) is 0 Å². The van der Waals surface area contributed by atoms with E-state index >= 15 is 0 Å². The molecule has 0 N–H and O–H groups in total. The Bertz CT molecular complexity index is 222. The summed E-state index contributed by atoms with van der Waals surface area (Å²) in [5.74, 6) is 7.40. The molecule has 0 spiro atoms. The minimum atomic E-state index is 0. The van der Waals surface area contributed by atoms with Gasteiger partial charge in [0.2, 0.25) is 0 Å². The first-order valence-electron chi connectivity index (χ1n) is 3.74. The fourth-order valence-electron chi connectivity index (χ4n) is 4.46. The molecular weight excluding hydrogens is 108 g/mol. The Labute approximate surface area is 54.9 Å². The molecule has 4 atom stereocenters. The zero-order chi connectivity index (χ0) is 4.62. The summed E-state index contributed by atoms with van der Waals surface area (Å²) in [5, 5.41) is 0. The molecule has 4 saturated carbocycles. The van der Waals surface area contributed by atoms with E-state index in [-0.39, 0.29) is 7.43 Å². The Kier molecular flexibility index (Phi) is 0.263. The molecule has 0 aromatic carbocycles. The lowest BCUT2D eigenvalue weighted by molar-refractivity contribution is -0.333. The van der Waals surface area contributed by atoms with E-state index in [1.165, 1.54) is 35.5 Å². The average molecular weight is 118 g/mol. The molecule has 0 saturated heterocycles. The molecule has 0 radical (unpaired) electrons. The van der Waals surface area contributed by atoms with Crippen LogP contribution in [0.25, 0.3) is 0 Å². The van der Waals surface area contributed by atoms with Crippen molar-refractivity contribution in [3.8, 4) is 0 Å². The fraction of sp³-hybridized carbons (Fsp3) is 0.778. The predicted octanol–water partition coefficient (Wildman–Crippen LogP) is 1.68. The van der Waals surface area contributed by atoms with Crippen LogP contribution in [0.15, 0.2) is 11.1 Å². The lowest BCUT2D eigenvalue weighted by atomic mass is 9.08. The van der Waals surface area contributed by atoms with Crippen molar-refractivity contribution < 1.29 is 0 Å². The SMILES string of the molecule is C.C12=C3C4C1C1C2C3C41. The van der Waals surface area contributed by atoms with Crippen LogP contribution in [0.4, 0.5) is 0 Å². The largest absolute Gasteiger partial charge is 0.0776 e. The molecule has 4 fully saturated rings. The minimum absolute atomic E-state index is 0. The van der Waals surface area contributed by atoms with Crippen LogP contribution >= 0.6 is 0 Å². The maximum Gasteiger partial charge on any atom is -0.00910 e. The summed E-state index contributed by atoms with van der Waals surface area (Å²) >= 11 is 0. The van der Waals surface area contributed by atoms with Gasteiger partial charge in [0.1, 0.15) is 0 Å². The van der Waals surface area contributed by atoms with Crippen LogP contribution < -0.4 is 0 Å². The third kappa shape index (κ3) is 0.112. The van der Waals surface area contributed by atoms with Crippen molar-refractivity contribution in [2.45, 2.75) is 7.43 Å². The van der Waals surface area contributed by atoms with Crippen molar-refractivity contribution in [2.75, 3.05) is 0 Å². The van der Waals surface area contributed by atoms with Gasteiger partial charge < -0.3 is 0 Å². The molecule has 0 bridgehead atoms. The van der Waals surface area contributed by atoms with Crippen LogP contribution in [0.2, 0.25) is 0 Å². The van der Waals surface area contributed by atoms with Crippen LogP contribution in [-0.2, 0) is 0 Å². The normalized spacial score (nSPS) is 80.0. The van der Waals surface area contributed by atoms with E-state index in [0.29, 0.717) is 0 Å². The Hall–Kier alpha value is -0.260. The Morgan fingerprint density at radius 3 is 1.11 bits per heavy atom. The predicted molar refractivity (Wildman–Crippen MR) is 34.7 cm³/mol. The van der Waals surface area contributed by atoms with Gasteiger partial charge in [0.05, 0.1) is 0 Å². The molecule has 0 aliphatic heterocycles. The first-order chi connectivity index (χ1) is 4.00. The zero-order valence-corrected chi connectivity index (χ0v) is 4.46. The van der Waals surface area contributed by atoms with E-state index in [9.17, 15) is 0 Å². The third-order valence-electron chi connectivity index (χ3n) is 4.65. The summed E-state index contributed by atoms with van der Waals surface area (Å²) in [4.78, 5) is 0. The van der Waals surface area contributed by atoms with Crippen molar-refractivity contribution in [3.05, 3.63) is 11.1 Å². The molecule has 4 unspecified atom stereocenters. The maximum absolute atomic E-state index is 1.97. The first kappa shape index (κ1) is 3.80. The third-order valence-corrected chi connectivity index (χ3v) is 4.65. The molecule has 9 heavy (non-hydrogen) atoms. The van der Waals surface area contributed by atoms with Crippen LogP contribution in [0.1, 0.15) is 7.43 Å². The van der Waals surface area contributed by atoms with E-state index in [4.69, 9.17) is 0 Å². The summed E-state index contributed by atoms with van der Waals surface area (Å²) in [6.07, 6.45) is 0. The number of allylic oxidation sites excluding steroid dienone is 2. The van der Waals surface area contributed by atoms with Crippen molar-refractivity contribution in [2.24, 2.45) is 35.5 Å². The van der Waals surface area contributed by atoms with Gasteiger partial charge in [0.25, 0.3) is 0 Å². The number of hydrogen-bond acceptors (Lipinski definition) is 0. The molecule has 6 aliphatic rings. The molecule has 0 heterocycles. The molecule has 0 nitrogen and oxygen atoms in total. The van der Waals surface area contributed by atoms with Gasteiger partial charge in [0, 0.05) is 0 Å². The topological polar surface area (TPSA) is 0 Å². The summed E-state index contributed by atoms with van der Waals surface area (Å²) in [6.45, 7) is 0. The highest BCUT2D eigenvalue weighted by atomic mass is 14.9. The van der Waals surface area contributed by atoms with E-state index in [1.807, 2.05) is 11.1 Å². The number of rotatable bonds is 0. The zero-order valence-electron chi connectivity index (χ0n) is 4.46. The first-order valence-corrected chi connectivity index (χ1v) is 3.74. The molecular formula is C9H10. The highest BCUT2D eigenvalue weighted by Gasteiger charge is 2.91. The quantitative estimate of drug-likeness (QED) is 0.424. The van der Waals surface area contributed by atoms with Gasteiger partial charge in [-0.1, -0.05) is 18.6 Å². The summed E-state index contributed by atoms with van der Waals surface area (Å²) in [6, 6.07) is 0. The monoisotopic (exact) mass is 118 g/mol. The van der Waals surface area contributed by atoms with Gasteiger partial charge in [-0.05, 0) is 35.5 Å². The van der Waals surface area contributed by atoms with E-state index < -0.39 is 0 Å². The highest BCUT2D eigenvalue weighted by Crippen LogP contribution is 2.97. The van der Waals surface area contributed by atoms with Crippen LogP contribution in [0.5, 0.6) is 0 Å². The molecule has 0 aromatic rings. The average Bonchev–Trinajstić information content (AvgIpc) is 1.90. The summed E-state index contributed by atoms with van der Waals surface area (Å²) < 4.78 is 0. The minimum Gasteiger partial charge on any atom is -0.0776 e. The van der Waals surface area contributed by atoms with Gasteiger partial charge >= 0.3 is 0 Å². The van der Waals surface area contributed by atoms with E-state index in [2.05, 4.69) is 0 Å². The standard InChI is InChI=1S/C8H6.CH4/c1-2-5-3(1)7-4(1)6(2)8(5)7;/h1-6H;1H4. The second-order valence-corrected chi connectivity index (χ2v) is 4.17. The smallest absolute Gasteiger partial charge is 0.00910 e. The van der Waals surface area contributed by atoms with Gasteiger partial charge in [0.15, 0.2) is 0 Å². The highest BCUT2D eigenvalue weighted by molar-refractivity contribution is 5.69. The van der Waals surface area contributed by atoms with E-state index in [0.717, 1.165) is 0 Å².